The molecule has 0 spiro atoms. The molecule has 0 saturated heterocycles. The van der Waals surface area contributed by atoms with Crippen molar-refractivity contribution in [3.63, 3.8) is 0 Å². The quantitative estimate of drug-likeness (QED) is 0.859. The lowest BCUT2D eigenvalue weighted by molar-refractivity contribution is 0.144. The maximum Gasteiger partial charge on any atom is 0.0245 e. The van der Waals surface area contributed by atoms with Crippen LogP contribution in [0.3, 0.4) is 0 Å². The standard InChI is InChI=1S/C16H26N2S/c1-3-16(2,11-17-14-4-5-14)12-18-8-6-15-13(10-18)7-9-19-15/h7,9,14,17H,3-6,8,10-12H2,1-2H3. The molecular weight excluding hydrogens is 252 g/mol. The Morgan fingerprint density at radius 1 is 1.47 bits per heavy atom. The highest BCUT2D eigenvalue weighted by Crippen LogP contribution is 2.29. The zero-order chi connectivity index (χ0) is 13.3. The molecule has 1 fully saturated rings. The maximum atomic E-state index is 3.73. The van der Waals surface area contributed by atoms with Gasteiger partial charge in [0.1, 0.15) is 0 Å². The van der Waals surface area contributed by atoms with Crippen molar-refractivity contribution in [3.8, 4) is 0 Å². The molecule has 1 aliphatic heterocycles. The molecule has 1 aliphatic carbocycles. The minimum Gasteiger partial charge on any atom is -0.313 e. The van der Waals surface area contributed by atoms with E-state index in [1.807, 2.05) is 11.3 Å². The van der Waals surface area contributed by atoms with Crippen LogP contribution in [0.2, 0.25) is 0 Å². The molecule has 2 heterocycles. The number of hydrogen-bond acceptors (Lipinski definition) is 3. The molecule has 0 aromatic carbocycles. The Kier molecular flexibility index (Phi) is 3.97. The van der Waals surface area contributed by atoms with Crippen molar-refractivity contribution in [2.24, 2.45) is 5.41 Å². The third-order valence-corrected chi connectivity index (χ3v) is 5.76. The first-order valence-electron chi connectivity index (χ1n) is 7.69. The summed E-state index contributed by atoms with van der Waals surface area (Å²) in [6, 6.07) is 3.15. The molecule has 0 amide bonds. The molecule has 1 aromatic heterocycles. The highest BCUT2D eigenvalue weighted by Gasteiger charge is 2.30. The van der Waals surface area contributed by atoms with Crippen LogP contribution in [-0.2, 0) is 13.0 Å². The largest absolute Gasteiger partial charge is 0.313 e. The van der Waals surface area contributed by atoms with Crippen molar-refractivity contribution in [3.05, 3.63) is 21.9 Å². The maximum absolute atomic E-state index is 3.73. The average Bonchev–Trinajstić information content (AvgIpc) is 3.13. The van der Waals surface area contributed by atoms with Crippen molar-refractivity contribution >= 4 is 11.3 Å². The normalized spacial score (nSPS) is 23.1. The van der Waals surface area contributed by atoms with E-state index in [2.05, 4.69) is 35.5 Å². The van der Waals surface area contributed by atoms with Crippen molar-refractivity contribution in [2.45, 2.75) is 52.1 Å². The van der Waals surface area contributed by atoms with E-state index in [1.54, 1.807) is 10.4 Å². The second-order valence-electron chi connectivity index (χ2n) is 6.65. The van der Waals surface area contributed by atoms with Crippen LogP contribution in [0, 0.1) is 5.41 Å². The summed E-state index contributed by atoms with van der Waals surface area (Å²) in [5, 5.41) is 5.98. The molecule has 1 saturated carbocycles. The molecule has 2 nitrogen and oxygen atoms in total. The summed E-state index contributed by atoms with van der Waals surface area (Å²) >= 11 is 1.93. The highest BCUT2D eigenvalue weighted by atomic mass is 32.1. The van der Waals surface area contributed by atoms with Crippen molar-refractivity contribution in [2.75, 3.05) is 19.6 Å². The predicted molar refractivity (Wildman–Crippen MR) is 82.7 cm³/mol. The van der Waals surface area contributed by atoms with E-state index in [0.29, 0.717) is 5.41 Å². The molecular formula is C16H26N2S. The molecule has 3 heteroatoms. The zero-order valence-electron chi connectivity index (χ0n) is 12.2. The Morgan fingerprint density at radius 3 is 3.05 bits per heavy atom. The summed E-state index contributed by atoms with van der Waals surface area (Å²) in [7, 11) is 0. The summed E-state index contributed by atoms with van der Waals surface area (Å²) in [5.41, 5.74) is 2.00. The van der Waals surface area contributed by atoms with Crippen LogP contribution in [0.4, 0.5) is 0 Å². The molecule has 19 heavy (non-hydrogen) atoms. The van der Waals surface area contributed by atoms with Gasteiger partial charge in [0.05, 0.1) is 0 Å². The number of hydrogen-bond donors (Lipinski definition) is 1. The lowest BCUT2D eigenvalue weighted by Gasteiger charge is -2.37. The van der Waals surface area contributed by atoms with Crippen LogP contribution < -0.4 is 5.32 Å². The first-order valence-corrected chi connectivity index (χ1v) is 8.57. The van der Waals surface area contributed by atoms with E-state index in [1.165, 1.54) is 45.3 Å². The van der Waals surface area contributed by atoms with Gasteiger partial charge in [-0.2, -0.15) is 0 Å². The molecule has 1 unspecified atom stereocenters. The molecule has 2 aliphatic rings. The van der Waals surface area contributed by atoms with E-state index < -0.39 is 0 Å². The van der Waals surface area contributed by atoms with Crippen molar-refractivity contribution < 1.29 is 0 Å². The van der Waals surface area contributed by atoms with Gasteiger partial charge in [-0.15, -0.1) is 11.3 Å². The van der Waals surface area contributed by atoms with Gasteiger partial charge >= 0.3 is 0 Å². The van der Waals surface area contributed by atoms with Gasteiger partial charge in [0.15, 0.2) is 0 Å². The molecule has 0 radical (unpaired) electrons. The summed E-state index contributed by atoms with van der Waals surface area (Å²) in [6.45, 7) is 9.62. The Hall–Kier alpha value is -0.380. The molecule has 0 bridgehead atoms. The Labute approximate surface area is 121 Å². The molecule has 106 valence electrons. The molecule has 1 atom stereocenters. The fourth-order valence-corrected chi connectivity index (χ4v) is 3.84. The first kappa shape index (κ1) is 13.6. The lowest BCUT2D eigenvalue weighted by Crippen LogP contribution is -2.44. The number of nitrogens with zero attached hydrogens (tertiary/aromatic N) is 1. The fraction of sp³-hybridized carbons (Fsp3) is 0.750. The monoisotopic (exact) mass is 278 g/mol. The number of nitrogens with one attached hydrogen (secondary N) is 1. The molecule has 1 aromatic rings. The number of thiophene rings is 1. The fourth-order valence-electron chi connectivity index (χ4n) is 2.95. The highest BCUT2D eigenvalue weighted by molar-refractivity contribution is 7.10. The minimum atomic E-state index is 0.427. The van der Waals surface area contributed by atoms with Crippen LogP contribution in [0.15, 0.2) is 11.4 Å². The topological polar surface area (TPSA) is 15.3 Å². The summed E-state index contributed by atoms with van der Waals surface area (Å²) < 4.78 is 0. The van der Waals surface area contributed by atoms with Gasteiger partial charge in [0.2, 0.25) is 0 Å². The average molecular weight is 278 g/mol. The summed E-state index contributed by atoms with van der Waals surface area (Å²) in [4.78, 5) is 4.28. The second kappa shape index (κ2) is 5.55. The Morgan fingerprint density at radius 2 is 2.32 bits per heavy atom. The first-order chi connectivity index (χ1) is 9.18. The summed E-state index contributed by atoms with van der Waals surface area (Å²) in [6.07, 6.45) is 5.30. The van der Waals surface area contributed by atoms with Gasteiger partial charge in [-0.25, -0.2) is 0 Å². The second-order valence-corrected chi connectivity index (χ2v) is 7.65. The van der Waals surface area contributed by atoms with Gasteiger partial charge < -0.3 is 5.32 Å². The van der Waals surface area contributed by atoms with Crippen molar-refractivity contribution in [1.82, 2.24) is 10.2 Å². The van der Waals surface area contributed by atoms with Gasteiger partial charge in [0, 0.05) is 37.1 Å². The predicted octanol–water partition coefficient (Wildman–Crippen LogP) is 3.27. The smallest absolute Gasteiger partial charge is 0.0245 e. The third kappa shape index (κ3) is 3.39. The van der Waals surface area contributed by atoms with Crippen LogP contribution in [-0.4, -0.2) is 30.6 Å². The molecule has 1 N–H and O–H groups in total. The van der Waals surface area contributed by atoms with Crippen LogP contribution in [0.1, 0.15) is 43.6 Å². The lowest BCUT2D eigenvalue weighted by atomic mass is 9.86. The number of rotatable bonds is 6. The Balaban J connectivity index is 1.56. The van der Waals surface area contributed by atoms with E-state index in [9.17, 15) is 0 Å². The van der Waals surface area contributed by atoms with Gasteiger partial charge in [-0.3, -0.25) is 4.90 Å². The van der Waals surface area contributed by atoms with Crippen LogP contribution in [0.5, 0.6) is 0 Å². The van der Waals surface area contributed by atoms with E-state index in [-0.39, 0.29) is 0 Å². The van der Waals surface area contributed by atoms with E-state index >= 15 is 0 Å². The van der Waals surface area contributed by atoms with Crippen LogP contribution >= 0.6 is 11.3 Å². The third-order valence-electron chi connectivity index (χ3n) is 4.74. The van der Waals surface area contributed by atoms with Gasteiger partial charge in [-0.1, -0.05) is 13.8 Å². The van der Waals surface area contributed by atoms with E-state index in [0.717, 1.165) is 12.6 Å². The van der Waals surface area contributed by atoms with E-state index in [4.69, 9.17) is 0 Å². The van der Waals surface area contributed by atoms with Crippen molar-refractivity contribution in [1.29, 1.82) is 0 Å². The SMILES string of the molecule is CCC(C)(CNC1CC1)CN1CCc2sccc2C1. The minimum absolute atomic E-state index is 0.427. The molecule has 3 rings (SSSR count). The van der Waals surface area contributed by atoms with Gasteiger partial charge in [0.25, 0.3) is 0 Å². The van der Waals surface area contributed by atoms with Crippen LogP contribution in [0.25, 0.3) is 0 Å². The zero-order valence-corrected chi connectivity index (χ0v) is 13.1. The Bertz CT molecular complexity index is 424. The summed E-state index contributed by atoms with van der Waals surface area (Å²) in [5.74, 6) is 0. The number of fused-ring (bicyclic) bond motifs is 1. The van der Waals surface area contributed by atoms with Gasteiger partial charge in [-0.05, 0) is 48.1 Å².